The van der Waals surface area contributed by atoms with Gasteiger partial charge < -0.3 is 29.2 Å². The summed E-state index contributed by atoms with van der Waals surface area (Å²) in [5.74, 6) is 2.76. The molecule has 68 heavy (non-hydrogen) atoms. The third-order valence-corrected chi connectivity index (χ3v) is 15.6. The summed E-state index contributed by atoms with van der Waals surface area (Å²) in [6.45, 7) is 13.8. The molecule has 0 spiro atoms. The number of thiazole rings is 1. The molecular formula is C52H68N8O7S. The smallest absolute Gasteiger partial charge is 0.324 e. The maximum absolute atomic E-state index is 14.9. The van der Waals surface area contributed by atoms with Crippen molar-refractivity contribution in [2.45, 2.75) is 137 Å². The first-order chi connectivity index (χ1) is 32.6. The molecule has 1 aromatic carbocycles. The Bertz CT molecular complexity index is 2560. The van der Waals surface area contributed by atoms with E-state index in [9.17, 15) is 24.0 Å². The normalized spacial score (nSPS) is 24.3. The molecule has 6 heterocycles. The van der Waals surface area contributed by atoms with E-state index in [1.54, 1.807) is 30.9 Å². The van der Waals surface area contributed by atoms with Crippen LogP contribution in [-0.4, -0.2) is 125 Å². The molecule has 8 rings (SSSR count). The second-order valence-electron chi connectivity index (χ2n) is 20.2. The van der Waals surface area contributed by atoms with Gasteiger partial charge >= 0.3 is 5.97 Å². The molecule has 2 saturated heterocycles. The number of carbonyl (C=O) groups is 5. The van der Waals surface area contributed by atoms with Gasteiger partial charge in [0.1, 0.15) is 18.1 Å². The number of amides is 4. The number of hydrogen-bond donors (Lipinski definition) is 2. The van der Waals surface area contributed by atoms with Gasteiger partial charge in [-0.2, -0.15) is 0 Å². The number of benzene rings is 1. The number of nitrogens with zero attached hydrogens (tertiary/aromatic N) is 6. The number of carbonyl (C=O) groups excluding carboxylic acids is 5. The number of aliphatic imine (C=N–C) groups is 1. The minimum atomic E-state index is -1.06. The van der Waals surface area contributed by atoms with Crippen LogP contribution in [0.4, 0.5) is 0 Å². The van der Waals surface area contributed by atoms with Crippen LogP contribution in [0.3, 0.4) is 0 Å². The summed E-state index contributed by atoms with van der Waals surface area (Å²) in [5.41, 5.74) is 9.83. The predicted octanol–water partition coefficient (Wildman–Crippen LogP) is 6.18. The molecule has 0 unspecified atom stereocenters. The lowest BCUT2D eigenvalue weighted by atomic mass is 9.83. The molecule has 15 nitrogen and oxygen atoms in total. The van der Waals surface area contributed by atoms with E-state index in [1.807, 2.05) is 25.4 Å². The number of ether oxygens (including phenoxy) is 2. The number of rotatable bonds is 9. The number of hydrazine groups is 1. The quantitative estimate of drug-likeness (QED) is 0.188. The van der Waals surface area contributed by atoms with E-state index in [2.05, 4.69) is 66.1 Å². The number of allylic oxidation sites excluding steroid dienone is 1. The standard InChI is InChI=1S/C52H68N8O7S/c1-9-15-44(61)58-27-31(3)38(28-58)49(63)57(7)46(33-16-11-12-17-33)48(62)55-40-25-43-54-41(29-68-43)34-20-21-42-36(24-34)37(47(59(42)10-2)35-18-13-22-53-45(35)32(4)66-8)26-52(5,6)30-67-51(65)39-19-14-23-60(56-39)50(40)64/h20-22,24,29,31-33,38-40,46,56H,10-14,16-19,23,25-28,30H2,1-8H3,(H,55,62)/t31-,32-,38+,39-,40-,46-/m0/s1. The molecule has 2 N–H and O–H groups in total. The molecule has 6 atom stereocenters. The number of hydrogen-bond acceptors (Lipinski definition) is 11. The van der Waals surface area contributed by atoms with Crippen LogP contribution in [-0.2, 0) is 52.8 Å². The predicted molar refractivity (Wildman–Crippen MR) is 263 cm³/mol. The minimum Gasteiger partial charge on any atom is -0.464 e. The topological polar surface area (TPSA) is 168 Å². The molecule has 1 aliphatic carbocycles. The van der Waals surface area contributed by atoms with Crippen molar-refractivity contribution in [1.82, 2.24) is 35.1 Å². The number of aromatic nitrogens is 2. The van der Waals surface area contributed by atoms with Gasteiger partial charge in [-0.15, -0.1) is 11.3 Å². The summed E-state index contributed by atoms with van der Waals surface area (Å²) < 4.78 is 14.4. The van der Waals surface area contributed by atoms with Crippen LogP contribution in [0, 0.1) is 35.0 Å². The van der Waals surface area contributed by atoms with E-state index >= 15 is 0 Å². The lowest BCUT2D eigenvalue weighted by Gasteiger charge is -2.37. The Kier molecular flexibility index (Phi) is 14.9. The fourth-order valence-corrected chi connectivity index (χ4v) is 12.0. The highest BCUT2D eigenvalue weighted by molar-refractivity contribution is 7.10. The number of likely N-dealkylation sites (tertiary alicyclic amines) is 1. The first-order valence-corrected chi connectivity index (χ1v) is 25.4. The van der Waals surface area contributed by atoms with Crippen molar-refractivity contribution in [2.24, 2.45) is 28.2 Å². The number of aryl methyl sites for hydroxylation is 1. The molecule has 5 aliphatic rings. The van der Waals surface area contributed by atoms with Crippen molar-refractivity contribution < 1.29 is 33.4 Å². The first-order valence-electron chi connectivity index (χ1n) is 24.5. The van der Waals surface area contributed by atoms with Crippen molar-refractivity contribution in [1.29, 1.82) is 0 Å². The molecule has 3 aromatic rings. The fourth-order valence-electron chi connectivity index (χ4n) is 11.1. The van der Waals surface area contributed by atoms with Crippen molar-refractivity contribution in [3.8, 4) is 23.1 Å². The molecule has 4 aliphatic heterocycles. The van der Waals surface area contributed by atoms with E-state index in [4.69, 9.17) is 19.5 Å². The SMILES string of the molecule is CC#CC(=O)N1C[C@H](C)[C@H](C(=O)N(C)[C@H](C(=O)N[C@H]2Cc3nc(cs3)-c3ccc4c(c3)c(c(C3=C([C@H](C)OC)N=CCC3)n4CC)CC(C)(C)COC(=O)[C@@H]3CCCN(N3)C2=O)C2CCCC2)C1. The van der Waals surface area contributed by atoms with E-state index in [-0.39, 0.29) is 49.3 Å². The Morgan fingerprint density at radius 2 is 1.91 bits per heavy atom. The summed E-state index contributed by atoms with van der Waals surface area (Å²) in [5, 5.41) is 8.33. The lowest BCUT2D eigenvalue weighted by Crippen LogP contribution is -2.62. The molecule has 1 saturated carbocycles. The highest BCUT2D eigenvalue weighted by atomic mass is 32.1. The number of likely N-dealkylation sites (N-methyl/N-ethyl adjacent to an activating group) is 1. The molecule has 4 amide bonds. The highest BCUT2D eigenvalue weighted by Crippen LogP contribution is 2.42. The molecular weight excluding hydrogens is 881 g/mol. The Labute approximate surface area is 404 Å². The van der Waals surface area contributed by atoms with Crippen molar-refractivity contribution in [2.75, 3.05) is 40.4 Å². The zero-order valence-corrected chi connectivity index (χ0v) is 41.8. The van der Waals surface area contributed by atoms with E-state index in [0.29, 0.717) is 37.4 Å². The summed E-state index contributed by atoms with van der Waals surface area (Å²) in [4.78, 5) is 84.0. The number of esters is 1. The number of cyclic esters (lactones) is 1. The van der Waals surface area contributed by atoms with Gasteiger partial charge in [0.05, 0.1) is 40.7 Å². The Morgan fingerprint density at radius 1 is 1.13 bits per heavy atom. The third-order valence-electron chi connectivity index (χ3n) is 14.7. The molecule has 364 valence electrons. The lowest BCUT2D eigenvalue weighted by molar-refractivity contribution is -0.155. The molecule has 2 aromatic heterocycles. The van der Waals surface area contributed by atoms with Crippen LogP contribution in [0.2, 0.25) is 0 Å². The van der Waals surface area contributed by atoms with Gasteiger partial charge in [0.25, 0.3) is 11.8 Å². The maximum Gasteiger partial charge on any atom is 0.324 e. The second-order valence-corrected chi connectivity index (χ2v) is 21.1. The number of fused-ring (bicyclic) bond motifs is 6. The van der Waals surface area contributed by atoms with Gasteiger partial charge in [0.2, 0.25) is 11.8 Å². The van der Waals surface area contributed by atoms with E-state index < -0.39 is 47.2 Å². The van der Waals surface area contributed by atoms with Crippen LogP contribution in [0.5, 0.6) is 0 Å². The van der Waals surface area contributed by atoms with Gasteiger partial charge in [-0.1, -0.05) is 45.6 Å². The molecule has 0 radical (unpaired) electrons. The fraction of sp³-hybridized carbons (Fsp3) is 0.596. The van der Waals surface area contributed by atoms with Crippen LogP contribution in [0.1, 0.15) is 109 Å². The van der Waals surface area contributed by atoms with Crippen molar-refractivity contribution in [3.63, 3.8) is 0 Å². The maximum atomic E-state index is 14.9. The third kappa shape index (κ3) is 10.0. The Balaban J connectivity index is 1.16. The van der Waals surface area contributed by atoms with Crippen molar-refractivity contribution in [3.05, 3.63) is 45.5 Å². The number of nitrogens with one attached hydrogen (secondary N) is 2. The average molecular weight is 949 g/mol. The second kappa shape index (κ2) is 20.7. The van der Waals surface area contributed by atoms with Crippen LogP contribution < -0.4 is 10.7 Å². The van der Waals surface area contributed by atoms with Crippen LogP contribution >= 0.6 is 11.3 Å². The highest BCUT2D eigenvalue weighted by Gasteiger charge is 2.44. The Morgan fingerprint density at radius 3 is 2.65 bits per heavy atom. The summed E-state index contributed by atoms with van der Waals surface area (Å²) in [6, 6.07) is 3.79. The largest absolute Gasteiger partial charge is 0.464 e. The van der Waals surface area contributed by atoms with Crippen molar-refractivity contribution >= 4 is 63.6 Å². The molecule has 3 fully saturated rings. The van der Waals surface area contributed by atoms with E-state index in [1.165, 1.54) is 16.3 Å². The molecule has 16 heteroatoms. The monoisotopic (exact) mass is 948 g/mol. The van der Waals surface area contributed by atoms with Gasteiger partial charge in [0, 0.05) is 85.8 Å². The number of methoxy groups -OCH3 is 1. The van der Waals surface area contributed by atoms with E-state index in [0.717, 1.165) is 89.8 Å². The van der Waals surface area contributed by atoms with Crippen LogP contribution in [0.25, 0.3) is 27.7 Å². The zero-order chi connectivity index (χ0) is 48.4. The molecule has 6 bridgehead atoms. The first kappa shape index (κ1) is 49.1. The summed E-state index contributed by atoms with van der Waals surface area (Å²) in [7, 11) is 3.39. The summed E-state index contributed by atoms with van der Waals surface area (Å²) in [6.07, 6.45) is 8.54. The van der Waals surface area contributed by atoms with Gasteiger partial charge in [-0.05, 0) is 101 Å². The van der Waals surface area contributed by atoms with Gasteiger partial charge in [-0.25, -0.2) is 10.4 Å². The average Bonchev–Trinajstić information content (AvgIpc) is 4.17. The summed E-state index contributed by atoms with van der Waals surface area (Å²) >= 11 is 1.43. The van der Waals surface area contributed by atoms with Gasteiger partial charge in [-0.3, -0.25) is 34.0 Å². The Hall–Kier alpha value is -5.37. The zero-order valence-electron chi connectivity index (χ0n) is 41.0. The van der Waals surface area contributed by atoms with Crippen LogP contribution in [0.15, 0.2) is 34.3 Å². The minimum absolute atomic E-state index is 0.0972. The van der Waals surface area contributed by atoms with Gasteiger partial charge in [0.15, 0.2) is 0 Å².